The van der Waals surface area contributed by atoms with Crippen molar-refractivity contribution < 1.29 is 22.6 Å². The van der Waals surface area contributed by atoms with Crippen LogP contribution < -0.4 is 9.83 Å². The van der Waals surface area contributed by atoms with Gasteiger partial charge in [-0.3, -0.25) is 4.57 Å². The van der Waals surface area contributed by atoms with Crippen molar-refractivity contribution in [3.05, 3.63) is 97.1 Å². The minimum atomic E-state index is -2.72. The Morgan fingerprint density at radius 2 is 1.35 bits per heavy atom. The SMILES string of the molecule is C=O.CCP1(=O)Oc2ccccc2-c2ccccc21.O=[p+]1oc2ccccc2c2ccccc21. The lowest BCUT2D eigenvalue weighted by Crippen LogP contribution is -2.18. The van der Waals surface area contributed by atoms with E-state index in [4.69, 9.17) is 13.5 Å². The van der Waals surface area contributed by atoms with E-state index in [9.17, 15) is 9.13 Å². The Hall–Kier alpha value is -3.52. The van der Waals surface area contributed by atoms with Gasteiger partial charge in [-0.2, -0.15) is 0 Å². The van der Waals surface area contributed by atoms with Crippen molar-refractivity contribution in [1.29, 1.82) is 0 Å². The Morgan fingerprint density at radius 3 is 2.12 bits per heavy atom. The summed E-state index contributed by atoms with van der Waals surface area (Å²) in [6, 6.07) is 30.9. The van der Waals surface area contributed by atoms with Crippen molar-refractivity contribution in [1.82, 2.24) is 0 Å². The molecule has 1 aromatic heterocycles. The Balaban J connectivity index is 0.000000151. The maximum atomic E-state index is 12.8. The van der Waals surface area contributed by atoms with E-state index in [0.29, 0.717) is 11.7 Å². The number of rotatable bonds is 1. The number of fused-ring (bicyclic) bond motifs is 6. The quantitative estimate of drug-likeness (QED) is 0.177. The molecule has 7 heteroatoms. The highest BCUT2D eigenvalue weighted by atomic mass is 31.2. The molecule has 0 fully saturated rings. The van der Waals surface area contributed by atoms with E-state index in [1.165, 1.54) is 0 Å². The number of para-hydroxylation sites is 2. The molecular formula is C27H23O5P2+. The van der Waals surface area contributed by atoms with Crippen LogP contribution in [0.25, 0.3) is 32.6 Å². The molecule has 2 atom stereocenters. The van der Waals surface area contributed by atoms with E-state index in [0.717, 1.165) is 38.1 Å². The molecule has 6 rings (SSSR count). The Bertz CT molecular complexity index is 1570. The first kappa shape index (κ1) is 23.6. The topological polar surface area (TPSA) is 73.6 Å². The molecule has 1 aliphatic rings. The van der Waals surface area contributed by atoms with Crippen LogP contribution in [0, 0.1) is 0 Å². The summed E-state index contributed by atoms with van der Waals surface area (Å²) in [6.45, 7) is 3.91. The molecule has 0 spiro atoms. The Kier molecular flexibility index (Phi) is 7.07. The first-order valence-electron chi connectivity index (χ1n) is 10.7. The normalized spacial score (nSPS) is 16.1. The molecule has 170 valence electrons. The lowest BCUT2D eigenvalue weighted by atomic mass is 10.0. The fourth-order valence-electron chi connectivity index (χ4n) is 3.98. The van der Waals surface area contributed by atoms with Gasteiger partial charge < -0.3 is 9.32 Å². The van der Waals surface area contributed by atoms with E-state index in [1.807, 2.05) is 111 Å². The van der Waals surface area contributed by atoms with Crippen LogP contribution in [0.3, 0.4) is 0 Å². The maximum absolute atomic E-state index is 12.8. The van der Waals surface area contributed by atoms with Gasteiger partial charge in [-0.1, -0.05) is 73.7 Å². The molecule has 1 aliphatic heterocycles. The monoisotopic (exact) mass is 489 g/mol. The molecule has 0 amide bonds. The van der Waals surface area contributed by atoms with E-state index >= 15 is 0 Å². The molecule has 2 unspecified atom stereocenters. The van der Waals surface area contributed by atoms with Gasteiger partial charge in [0.15, 0.2) is 5.58 Å². The molecule has 34 heavy (non-hydrogen) atoms. The Labute approximate surface area is 198 Å². The minimum absolute atomic E-state index is 0.526. The first-order valence-corrected chi connectivity index (χ1v) is 13.7. The van der Waals surface area contributed by atoms with Crippen LogP contribution in [-0.4, -0.2) is 13.0 Å². The summed E-state index contributed by atoms with van der Waals surface area (Å²) in [5.41, 5.74) is 2.78. The second kappa shape index (κ2) is 10.2. The zero-order chi connectivity index (χ0) is 24.1. The lowest BCUT2D eigenvalue weighted by molar-refractivity contribution is -0.0980. The standard InChI is InChI=1S/C14H13O2P.C12H8O2P.CH2O/c1-2-17(15)14-10-6-4-8-12(14)11-7-3-5-9-13(11)16-17;13-15-12-8-4-2-6-10(12)9-5-1-3-7-11(9)14-15;1-2/h3-10H,2H2,1H3;1-8H;1H2/q;+1;. The van der Waals surface area contributed by atoms with Crippen molar-refractivity contribution in [2.24, 2.45) is 0 Å². The van der Waals surface area contributed by atoms with Crippen LogP contribution in [0.5, 0.6) is 5.75 Å². The second-order valence-corrected chi connectivity index (χ2v) is 11.3. The summed E-state index contributed by atoms with van der Waals surface area (Å²) < 4.78 is 35.7. The van der Waals surface area contributed by atoms with Gasteiger partial charge in [0.05, 0.1) is 5.30 Å². The molecule has 0 bridgehead atoms. The van der Waals surface area contributed by atoms with Crippen LogP contribution in [0.2, 0.25) is 0 Å². The van der Waals surface area contributed by atoms with Gasteiger partial charge in [0, 0.05) is 22.5 Å². The fourth-order valence-corrected chi connectivity index (χ4v) is 6.93. The van der Waals surface area contributed by atoms with Crippen LogP contribution in [0.4, 0.5) is 0 Å². The smallest absolute Gasteiger partial charge is 0.439 e. The summed E-state index contributed by atoms with van der Waals surface area (Å²) >= 11 is 0. The highest BCUT2D eigenvalue weighted by molar-refractivity contribution is 7.67. The number of hydrogen-bond acceptors (Lipinski definition) is 5. The van der Waals surface area contributed by atoms with Gasteiger partial charge in [-0.05, 0) is 40.5 Å². The molecule has 5 nitrogen and oxygen atoms in total. The second-order valence-electron chi connectivity index (χ2n) is 7.46. The zero-order valence-electron chi connectivity index (χ0n) is 18.6. The fraction of sp³-hybridized carbons (Fsp3) is 0.0741. The largest absolute Gasteiger partial charge is 0.597 e. The van der Waals surface area contributed by atoms with Crippen LogP contribution >= 0.6 is 15.0 Å². The first-order chi connectivity index (χ1) is 16.6. The summed E-state index contributed by atoms with van der Waals surface area (Å²) in [6.07, 6.45) is 0.526. The Morgan fingerprint density at radius 1 is 0.765 bits per heavy atom. The molecule has 4 aromatic carbocycles. The van der Waals surface area contributed by atoms with E-state index in [2.05, 4.69) is 0 Å². The zero-order valence-corrected chi connectivity index (χ0v) is 20.4. The van der Waals surface area contributed by atoms with E-state index in [-0.39, 0.29) is 0 Å². The van der Waals surface area contributed by atoms with Crippen molar-refractivity contribution in [3.8, 4) is 16.9 Å². The maximum Gasteiger partial charge on any atom is 0.597 e. The van der Waals surface area contributed by atoms with Gasteiger partial charge in [-0.15, -0.1) is 0 Å². The molecule has 0 saturated heterocycles. The predicted octanol–water partition coefficient (Wildman–Crippen LogP) is 7.81. The summed E-state index contributed by atoms with van der Waals surface area (Å²) in [4.78, 5) is 8.00. The average Bonchev–Trinajstić information content (AvgIpc) is 2.91. The molecule has 2 heterocycles. The number of carbonyl (C=O) groups is 1. The van der Waals surface area contributed by atoms with E-state index in [1.54, 1.807) is 0 Å². The predicted molar refractivity (Wildman–Crippen MR) is 139 cm³/mol. The molecule has 0 aliphatic carbocycles. The van der Waals surface area contributed by atoms with Crippen LogP contribution in [-0.2, 0) is 13.9 Å². The van der Waals surface area contributed by atoms with Crippen LogP contribution in [0.15, 0.2) is 101 Å². The number of carbonyl (C=O) groups excluding carboxylic acids is 1. The number of hydrogen-bond donors (Lipinski definition) is 0. The molecule has 0 radical (unpaired) electrons. The third kappa shape index (κ3) is 4.33. The summed E-state index contributed by atoms with van der Waals surface area (Å²) in [5, 5.41) is 3.66. The third-order valence-electron chi connectivity index (χ3n) is 5.57. The highest BCUT2D eigenvalue weighted by Crippen LogP contribution is 2.54. The van der Waals surface area contributed by atoms with Gasteiger partial charge in [0.2, 0.25) is 5.12 Å². The minimum Gasteiger partial charge on any atom is -0.439 e. The van der Waals surface area contributed by atoms with Crippen LogP contribution in [0.1, 0.15) is 6.92 Å². The highest BCUT2D eigenvalue weighted by Gasteiger charge is 2.33. The van der Waals surface area contributed by atoms with Crippen molar-refractivity contribution in [2.75, 3.05) is 6.16 Å². The van der Waals surface area contributed by atoms with Gasteiger partial charge in [0.25, 0.3) is 7.37 Å². The molecule has 5 aromatic rings. The number of benzene rings is 4. The van der Waals surface area contributed by atoms with E-state index < -0.39 is 15.0 Å². The van der Waals surface area contributed by atoms with Crippen molar-refractivity contribution in [2.45, 2.75) is 6.92 Å². The summed E-state index contributed by atoms with van der Waals surface area (Å²) in [7, 11) is -4.46. The summed E-state index contributed by atoms with van der Waals surface area (Å²) in [5.74, 6) is 0.733. The lowest BCUT2D eigenvalue weighted by Gasteiger charge is -2.27. The average molecular weight is 489 g/mol. The molecule has 0 N–H and O–H groups in total. The van der Waals surface area contributed by atoms with Gasteiger partial charge in [-0.25, -0.2) is 4.20 Å². The molecule has 0 saturated carbocycles. The van der Waals surface area contributed by atoms with Crippen molar-refractivity contribution in [3.63, 3.8) is 0 Å². The third-order valence-corrected chi connectivity index (χ3v) is 9.16. The van der Waals surface area contributed by atoms with Crippen molar-refractivity contribution >= 4 is 48.6 Å². The van der Waals surface area contributed by atoms with Gasteiger partial charge >= 0.3 is 7.65 Å². The van der Waals surface area contributed by atoms with Gasteiger partial charge in [0.1, 0.15) is 12.5 Å². The molecular weight excluding hydrogens is 466 g/mol.